The minimum Gasteiger partial charge on any atom is -0.484 e. The van der Waals surface area contributed by atoms with Gasteiger partial charge in [-0.2, -0.15) is 0 Å². The number of thioether (sulfide) groups is 1. The molecule has 0 atom stereocenters. The maximum absolute atomic E-state index is 13.3. The Bertz CT molecular complexity index is 1080. The molecule has 1 saturated heterocycles. The summed E-state index contributed by atoms with van der Waals surface area (Å²) in [4.78, 5) is 33.7. The molecular formula is C23H23ClN4O3S. The van der Waals surface area contributed by atoms with Crippen LogP contribution in [0.3, 0.4) is 0 Å². The molecule has 32 heavy (non-hydrogen) atoms. The zero-order valence-corrected chi connectivity index (χ0v) is 19.2. The number of carbonyl (C=O) groups is 2. The number of hydrogen-bond acceptors (Lipinski definition) is 5. The highest BCUT2D eigenvalue weighted by atomic mass is 35.5. The first-order valence-corrected chi connectivity index (χ1v) is 11.8. The fourth-order valence-electron chi connectivity index (χ4n) is 3.54. The predicted molar refractivity (Wildman–Crippen MR) is 125 cm³/mol. The molecule has 0 radical (unpaired) electrons. The van der Waals surface area contributed by atoms with Crippen LogP contribution < -0.4 is 4.74 Å². The van der Waals surface area contributed by atoms with E-state index in [1.54, 1.807) is 40.3 Å². The number of halogens is 1. The first-order valence-electron chi connectivity index (χ1n) is 10.2. The molecule has 1 aliphatic rings. The summed E-state index contributed by atoms with van der Waals surface area (Å²) in [5.74, 6) is 0.396. The second-order valence-electron chi connectivity index (χ2n) is 7.22. The maximum Gasteiger partial charge on any atom is 0.272 e. The van der Waals surface area contributed by atoms with E-state index >= 15 is 0 Å². The van der Waals surface area contributed by atoms with Gasteiger partial charge in [-0.15, -0.1) is 0 Å². The highest BCUT2D eigenvalue weighted by Gasteiger charge is 2.28. The zero-order chi connectivity index (χ0) is 22.5. The number of aromatic nitrogens is 2. The molecule has 2 heterocycles. The average Bonchev–Trinajstić information content (AvgIpc) is 3.28. The topological polar surface area (TPSA) is 67.7 Å². The van der Waals surface area contributed by atoms with E-state index in [1.807, 2.05) is 41.2 Å². The van der Waals surface area contributed by atoms with Gasteiger partial charge >= 0.3 is 0 Å². The van der Waals surface area contributed by atoms with Crippen molar-refractivity contribution in [3.63, 3.8) is 0 Å². The molecule has 0 bridgehead atoms. The summed E-state index contributed by atoms with van der Waals surface area (Å²) < 4.78 is 7.43. The van der Waals surface area contributed by atoms with Gasteiger partial charge in [-0.3, -0.25) is 14.2 Å². The molecule has 2 amide bonds. The molecule has 0 aliphatic carbocycles. The SMILES string of the molecule is CSc1ncc(C(=O)N2CCN(C(=O)COc3ccc(Cl)cc3)CC2)n1-c1ccccc1. The maximum atomic E-state index is 13.3. The van der Waals surface area contributed by atoms with Crippen LogP contribution in [0.1, 0.15) is 10.5 Å². The van der Waals surface area contributed by atoms with Crippen molar-refractivity contribution in [2.75, 3.05) is 39.0 Å². The second-order valence-corrected chi connectivity index (χ2v) is 8.43. The standard InChI is InChI=1S/C23H23ClN4O3S/c1-32-23-25-15-20(28(23)18-5-3-2-4-6-18)22(30)27-13-11-26(12-14-27)21(29)16-31-19-9-7-17(24)8-10-19/h2-10,15H,11-14,16H2,1H3. The summed E-state index contributed by atoms with van der Waals surface area (Å²) in [6.45, 7) is 1.79. The van der Waals surface area contributed by atoms with Crippen LogP contribution in [0, 0.1) is 0 Å². The van der Waals surface area contributed by atoms with Crippen LogP contribution in [0.4, 0.5) is 0 Å². The Morgan fingerprint density at radius 1 is 1.00 bits per heavy atom. The first-order chi connectivity index (χ1) is 15.6. The summed E-state index contributed by atoms with van der Waals surface area (Å²) in [5, 5.41) is 1.37. The van der Waals surface area contributed by atoms with Gasteiger partial charge in [0.25, 0.3) is 11.8 Å². The largest absolute Gasteiger partial charge is 0.484 e. The predicted octanol–water partition coefficient (Wildman–Crippen LogP) is 3.61. The number of rotatable bonds is 6. The monoisotopic (exact) mass is 470 g/mol. The molecule has 1 fully saturated rings. The molecule has 1 aliphatic heterocycles. The Kier molecular flexibility index (Phi) is 7.02. The number of benzene rings is 2. The number of imidazole rings is 1. The van der Waals surface area contributed by atoms with Gasteiger partial charge in [-0.05, 0) is 42.7 Å². The molecule has 0 unspecified atom stereocenters. The lowest BCUT2D eigenvalue weighted by atomic mass is 10.2. The molecule has 166 valence electrons. The number of hydrogen-bond donors (Lipinski definition) is 0. The van der Waals surface area contributed by atoms with Crippen molar-refractivity contribution in [2.45, 2.75) is 5.16 Å². The van der Waals surface area contributed by atoms with Crippen LogP contribution in [0.2, 0.25) is 5.02 Å². The van der Waals surface area contributed by atoms with E-state index in [4.69, 9.17) is 16.3 Å². The lowest BCUT2D eigenvalue weighted by Gasteiger charge is -2.34. The minimum atomic E-state index is -0.106. The molecule has 9 heteroatoms. The third-order valence-electron chi connectivity index (χ3n) is 5.24. The Morgan fingerprint density at radius 3 is 2.31 bits per heavy atom. The second kappa shape index (κ2) is 10.1. The fourth-order valence-corrected chi connectivity index (χ4v) is 4.21. The van der Waals surface area contributed by atoms with Crippen molar-refractivity contribution in [2.24, 2.45) is 0 Å². The van der Waals surface area contributed by atoms with Crippen LogP contribution in [0.5, 0.6) is 5.75 Å². The Morgan fingerprint density at radius 2 is 1.66 bits per heavy atom. The number of ether oxygens (including phenoxy) is 1. The molecule has 4 rings (SSSR count). The van der Waals surface area contributed by atoms with Crippen molar-refractivity contribution in [1.82, 2.24) is 19.4 Å². The van der Waals surface area contributed by atoms with Gasteiger partial charge in [-0.25, -0.2) is 4.98 Å². The normalized spacial score (nSPS) is 13.8. The van der Waals surface area contributed by atoms with E-state index in [0.29, 0.717) is 42.6 Å². The molecule has 1 aromatic heterocycles. The van der Waals surface area contributed by atoms with Crippen LogP contribution in [0.25, 0.3) is 5.69 Å². The summed E-state index contributed by atoms with van der Waals surface area (Å²) >= 11 is 7.36. The Hall–Kier alpha value is -2.97. The number of para-hydroxylation sites is 1. The molecule has 3 aromatic rings. The van der Waals surface area contributed by atoms with E-state index in [9.17, 15) is 9.59 Å². The van der Waals surface area contributed by atoms with Crippen LogP contribution >= 0.6 is 23.4 Å². The van der Waals surface area contributed by atoms with E-state index in [0.717, 1.165) is 10.8 Å². The smallest absolute Gasteiger partial charge is 0.272 e. The van der Waals surface area contributed by atoms with Crippen molar-refractivity contribution in [1.29, 1.82) is 0 Å². The quantitative estimate of drug-likeness (QED) is 0.515. The number of carbonyl (C=O) groups excluding carboxylic acids is 2. The fraction of sp³-hybridized carbons (Fsp3) is 0.261. The summed E-state index contributed by atoms with van der Waals surface area (Å²) in [5.41, 5.74) is 1.41. The molecule has 7 nitrogen and oxygen atoms in total. The molecule has 0 saturated carbocycles. The molecule has 0 N–H and O–H groups in total. The van der Waals surface area contributed by atoms with Crippen molar-refractivity contribution in [3.8, 4) is 11.4 Å². The van der Waals surface area contributed by atoms with Crippen LogP contribution in [0.15, 0.2) is 66.0 Å². The number of nitrogens with zero attached hydrogens (tertiary/aromatic N) is 4. The van der Waals surface area contributed by atoms with Crippen LogP contribution in [-0.2, 0) is 4.79 Å². The van der Waals surface area contributed by atoms with E-state index in [1.165, 1.54) is 11.8 Å². The third-order valence-corrected chi connectivity index (χ3v) is 6.15. The zero-order valence-electron chi connectivity index (χ0n) is 17.6. The molecule has 2 aromatic carbocycles. The van der Waals surface area contributed by atoms with Crippen molar-refractivity contribution < 1.29 is 14.3 Å². The van der Waals surface area contributed by atoms with E-state index < -0.39 is 0 Å². The van der Waals surface area contributed by atoms with Gasteiger partial charge in [0.1, 0.15) is 11.4 Å². The summed E-state index contributed by atoms with van der Waals surface area (Å²) in [6.07, 6.45) is 3.56. The highest BCUT2D eigenvalue weighted by Crippen LogP contribution is 2.23. The van der Waals surface area contributed by atoms with Gasteiger partial charge in [0.15, 0.2) is 11.8 Å². The van der Waals surface area contributed by atoms with Gasteiger partial charge in [0.05, 0.1) is 6.20 Å². The summed E-state index contributed by atoms with van der Waals surface area (Å²) in [6, 6.07) is 16.6. The Balaban J connectivity index is 1.37. The number of piperazine rings is 1. The van der Waals surface area contributed by atoms with Gasteiger partial charge in [0.2, 0.25) is 0 Å². The number of amides is 2. The minimum absolute atomic E-state index is 0.0482. The van der Waals surface area contributed by atoms with E-state index in [2.05, 4.69) is 4.98 Å². The lowest BCUT2D eigenvalue weighted by molar-refractivity contribution is -0.134. The van der Waals surface area contributed by atoms with Crippen molar-refractivity contribution >= 4 is 35.2 Å². The van der Waals surface area contributed by atoms with Crippen molar-refractivity contribution in [3.05, 3.63) is 71.5 Å². The van der Waals surface area contributed by atoms with Gasteiger partial charge < -0.3 is 14.5 Å². The summed E-state index contributed by atoms with van der Waals surface area (Å²) in [7, 11) is 0. The van der Waals surface area contributed by atoms with Gasteiger partial charge in [-0.1, -0.05) is 41.6 Å². The first kappa shape index (κ1) is 22.2. The third kappa shape index (κ3) is 4.92. The van der Waals surface area contributed by atoms with Gasteiger partial charge in [0, 0.05) is 36.9 Å². The lowest BCUT2D eigenvalue weighted by Crippen LogP contribution is -2.51. The Labute approximate surface area is 195 Å². The molecule has 0 spiro atoms. The average molecular weight is 471 g/mol. The van der Waals surface area contributed by atoms with E-state index in [-0.39, 0.29) is 18.4 Å². The van der Waals surface area contributed by atoms with Crippen LogP contribution in [-0.4, -0.2) is 70.2 Å². The highest BCUT2D eigenvalue weighted by molar-refractivity contribution is 7.98. The molecular weight excluding hydrogens is 448 g/mol.